The summed E-state index contributed by atoms with van der Waals surface area (Å²) >= 11 is 1.68. The smallest absolute Gasteiger partial charge is 0.310 e. The van der Waals surface area contributed by atoms with Gasteiger partial charge in [0.2, 0.25) is 0 Å². The summed E-state index contributed by atoms with van der Waals surface area (Å²) < 4.78 is 5.40. The maximum absolute atomic E-state index is 11.3. The summed E-state index contributed by atoms with van der Waals surface area (Å²) in [6.07, 6.45) is 0.990. The maximum atomic E-state index is 11.3. The molecule has 5 nitrogen and oxygen atoms in total. The molecule has 2 unspecified atom stereocenters. The number of carboxylic acids is 1. The van der Waals surface area contributed by atoms with E-state index in [2.05, 4.69) is 36.0 Å². The monoisotopic (exact) mass is 312 g/mol. The van der Waals surface area contributed by atoms with Crippen molar-refractivity contribution in [2.75, 3.05) is 19.8 Å². The van der Waals surface area contributed by atoms with E-state index in [9.17, 15) is 9.90 Å². The average Bonchev–Trinajstić information content (AvgIpc) is 3.07. The summed E-state index contributed by atoms with van der Waals surface area (Å²) in [5.74, 6) is -0.760. The third kappa shape index (κ3) is 4.02. The summed E-state index contributed by atoms with van der Waals surface area (Å²) in [6, 6.07) is -0.0494. The van der Waals surface area contributed by atoms with Gasteiger partial charge in [-0.2, -0.15) is 0 Å². The van der Waals surface area contributed by atoms with E-state index >= 15 is 0 Å². The van der Waals surface area contributed by atoms with Gasteiger partial charge in [0.05, 0.1) is 29.8 Å². The molecule has 1 aliphatic heterocycles. The zero-order valence-corrected chi connectivity index (χ0v) is 13.7. The molecule has 2 atom stereocenters. The van der Waals surface area contributed by atoms with Crippen LogP contribution in [0.3, 0.4) is 0 Å². The summed E-state index contributed by atoms with van der Waals surface area (Å²) in [5, 5.41) is 12.5. The lowest BCUT2D eigenvalue weighted by atomic mass is 10.0. The van der Waals surface area contributed by atoms with Crippen molar-refractivity contribution in [3.8, 4) is 0 Å². The van der Waals surface area contributed by atoms with Crippen LogP contribution in [0.15, 0.2) is 5.38 Å². The minimum atomic E-state index is -0.764. The highest BCUT2D eigenvalue weighted by molar-refractivity contribution is 7.09. The molecule has 0 aromatic carbocycles. The van der Waals surface area contributed by atoms with Crippen molar-refractivity contribution in [3.63, 3.8) is 0 Å². The second-order valence-electron chi connectivity index (χ2n) is 5.85. The summed E-state index contributed by atoms with van der Waals surface area (Å²) in [4.78, 5) is 18.2. The molecule has 0 radical (unpaired) electrons. The van der Waals surface area contributed by atoms with Gasteiger partial charge in [-0.1, -0.05) is 20.8 Å². The van der Waals surface area contributed by atoms with E-state index in [0.29, 0.717) is 25.7 Å². The Morgan fingerprint density at radius 2 is 2.33 bits per heavy atom. The summed E-state index contributed by atoms with van der Waals surface area (Å²) in [6.45, 7) is 8.77. The Balaban J connectivity index is 2.09. The number of nitrogens with zero attached hydrogens (tertiary/aromatic N) is 2. The molecule has 21 heavy (non-hydrogen) atoms. The number of rotatable bonds is 7. The highest BCUT2D eigenvalue weighted by atomic mass is 32.1. The first-order valence-corrected chi connectivity index (χ1v) is 8.39. The molecule has 1 N–H and O–H groups in total. The van der Waals surface area contributed by atoms with Gasteiger partial charge in [-0.3, -0.25) is 9.69 Å². The van der Waals surface area contributed by atoms with Crippen molar-refractivity contribution in [2.24, 2.45) is 5.92 Å². The fourth-order valence-corrected chi connectivity index (χ4v) is 3.48. The molecule has 118 valence electrons. The van der Waals surface area contributed by atoms with E-state index in [1.165, 1.54) is 0 Å². The fourth-order valence-electron chi connectivity index (χ4n) is 2.66. The molecule has 0 aliphatic carbocycles. The SMILES string of the molecule is CCCN(Cc1csc(C(C)C)n1)C1COCC1C(=O)O. The van der Waals surface area contributed by atoms with E-state index in [1.807, 2.05) is 0 Å². The van der Waals surface area contributed by atoms with Crippen molar-refractivity contribution in [3.05, 3.63) is 16.1 Å². The van der Waals surface area contributed by atoms with Crippen LogP contribution in [0, 0.1) is 5.92 Å². The maximum Gasteiger partial charge on any atom is 0.310 e. The summed E-state index contributed by atoms with van der Waals surface area (Å²) in [5.41, 5.74) is 1.04. The van der Waals surface area contributed by atoms with Crippen LogP contribution in [0.2, 0.25) is 0 Å². The zero-order chi connectivity index (χ0) is 15.4. The molecular weight excluding hydrogens is 288 g/mol. The van der Waals surface area contributed by atoms with Crippen LogP contribution >= 0.6 is 11.3 Å². The number of thiazole rings is 1. The second kappa shape index (κ2) is 7.33. The van der Waals surface area contributed by atoms with Gasteiger partial charge in [-0.05, 0) is 13.0 Å². The van der Waals surface area contributed by atoms with Gasteiger partial charge in [-0.25, -0.2) is 4.98 Å². The molecule has 2 rings (SSSR count). The van der Waals surface area contributed by atoms with Crippen LogP contribution in [0.25, 0.3) is 0 Å². The van der Waals surface area contributed by atoms with Crippen molar-refractivity contribution in [2.45, 2.75) is 45.7 Å². The standard InChI is InChI=1S/C15H24N2O3S/c1-4-5-17(13-8-20-7-12(13)15(18)19)6-11-9-21-14(16-11)10(2)3/h9-10,12-13H,4-8H2,1-3H3,(H,18,19). The predicted octanol–water partition coefficient (Wildman–Crippen LogP) is 2.58. The Kier molecular flexibility index (Phi) is 5.72. The van der Waals surface area contributed by atoms with E-state index in [4.69, 9.17) is 4.74 Å². The van der Waals surface area contributed by atoms with Crippen LogP contribution < -0.4 is 0 Å². The first-order valence-electron chi connectivity index (χ1n) is 7.51. The van der Waals surface area contributed by atoms with Crippen molar-refractivity contribution in [1.29, 1.82) is 0 Å². The molecule has 2 heterocycles. The van der Waals surface area contributed by atoms with E-state index in [-0.39, 0.29) is 6.04 Å². The molecule has 1 aliphatic rings. The first-order chi connectivity index (χ1) is 10.0. The van der Waals surface area contributed by atoms with E-state index < -0.39 is 11.9 Å². The molecule has 0 saturated carbocycles. The molecule has 1 fully saturated rings. The number of carboxylic acid groups (broad SMARTS) is 1. The number of aliphatic carboxylic acids is 1. The fraction of sp³-hybridized carbons (Fsp3) is 0.733. The lowest BCUT2D eigenvalue weighted by Gasteiger charge is -2.29. The van der Waals surface area contributed by atoms with Crippen LogP contribution in [-0.2, 0) is 16.1 Å². The second-order valence-corrected chi connectivity index (χ2v) is 6.74. The van der Waals surface area contributed by atoms with Crippen molar-refractivity contribution >= 4 is 17.3 Å². The third-order valence-electron chi connectivity index (χ3n) is 3.78. The highest BCUT2D eigenvalue weighted by Crippen LogP contribution is 2.24. The zero-order valence-electron chi connectivity index (χ0n) is 12.9. The van der Waals surface area contributed by atoms with Gasteiger partial charge >= 0.3 is 5.97 Å². The van der Waals surface area contributed by atoms with Gasteiger partial charge in [0, 0.05) is 23.9 Å². The molecule has 0 spiro atoms. The van der Waals surface area contributed by atoms with Crippen LogP contribution in [0.1, 0.15) is 43.8 Å². The van der Waals surface area contributed by atoms with Gasteiger partial charge < -0.3 is 9.84 Å². The van der Waals surface area contributed by atoms with Crippen molar-refractivity contribution in [1.82, 2.24) is 9.88 Å². The van der Waals surface area contributed by atoms with Gasteiger partial charge in [0.1, 0.15) is 0 Å². The Bertz CT molecular complexity index is 475. The van der Waals surface area contributed by atoms with Crippen LogP contribution in [0.4, 0.5) is 0 Å². The van der Waals surface area contributed by atoms with Gasteiger partial charge in [0.25, 0.3) is 0 Å². The molecule has 0 amide bonds. The topological polar surface area (TPSA) is 62.7 Å². The Morgan fingerprint density at radius 1 is 1.57 bits per heavy atom. The third-order valence-corrected chi connectivity index (χ3v) is 4.97. The van der Waals surface area contributed by atoms with Gasteiger partial charge in [-0.15, -0.1) is 11.3 Å². The quantitative estimate of drug-likeness (QED) is 0.838. The Morgan fingerprint density at radius 3 is 2.90 bits per heavy atom. The minimum Gasteiger partial charge on any atom is -0.481 e. The van der Waals surface area contributed by atoms with Crippen LogP contribution in [0.5, 0.6) is 0 Å². The number of carbonyl (C=O) groups is 1. The Hall–Kier alpha value is -0.980. The van der Waals surface area contributed by atoms with E-state index in [0.717, 1.165) is 23.7 Å². The lowest BCUT2D eigenvalue weighted by Crippen LogP contribution is -2.43. The normalized spacial score (nSPS) is 22.3. The molecule has 0 bridgehead atoms. The lowest BCUT2D eigenvalue weighted by molar-refractivity contribution is -0.143. The first kappa shape index (κ1) is 16.4. The molecule has 1 aromatic rings. The minimum absolute atomic E-state index is 0.0494. The molecule has 6 heteroatoms. The largest absolute Gasteiger partial charge is 0.481 e. The number of ether oxygens (including phenoxy) is 1. The molecule has 1 aromatic heterocycles. The number of hydrogen-bond acceptors (Lipinski definition) is 5. The number of aromatic nitrogens is 1. The number of hydrogen-bond donors (Lipinski definition) is 1. The summed E-state index contributed by atoms with van der Waals surface area (Å²) in [7, 11) is 0. The highest BCUT2D eigenvalue weighted by Gasteiger charge is 2.37. The van der Waals surface area contributed by atoms with Crippen molar-refractivity contribution < 1.29 is 14.6 Å². The Labute approximate surface area is 129 Å². The predicted molar refractivity (Wildman–Crippen MR) is 82.6 cm³/mol. The van der Waals surface area contributed by atoms with Crippen LogP contribution in [-0.4, -0.2) is 46.8 Å². The average molecular weight is 312 g/mol. The molecular formula is C15H24N2O3S. The van der Waals surface area contributed by atoms with E-state index in [1.54, 1.807) is 11.3 Å². The van der Waals surface area contributed by atoms with Gasteiger partial charge in [0.15, 0.2) is 0 Å². The molecule has 1 saturated heterocycles.